The van der Waals surface area contributed by atoms with Crippen LogP contribution in [0.1, 0.15) is 88.9 Å². The predicted molar refractivity (Wildman–Crippen MR) is 215 cm³/mol. The second kappa shape index (κ2) is 26.6. The zero-order valence-electron chi connectivity index (χ0n) is 31.9. The zero-order valence-corrected chi connectivity index (χ0v) is 34.9. The van der Waals surface area contributed by atoms with E-state index in [2.05, 4.69) is 76.5 Å². The number of ether oxygens (including phenoxy) is 4. The Labute approximate surface area is 312 Å². The Bertz CT molecular complexity index is 1180. The lowest BCUT2D eigenvalue weighted by molar-refractivity contribution is -0.135. The summed E-state index contributed by atoms with van der Waals surface area (Å²) in [6.45, 7) is 22.5. The molecule has 2 aromatic carbocycles. The van der Waals surface area contributed by atoms with Gasteiger partial charge in [-0.15, -0.1) is 0 Å². The molecule has 2 rings (SSSR count). The molecule has 0 saturated heterocycles. The van der Waals surface area contributed by atoms with Crippen molar-refractivity contribution in [2.45, 2.75) is 120 Å². The van der Waals surface area contributed by atoms with Crippen LogP contribution in [0, 0.1) is 0 Å². The van der Waals surface area contributed by atoms with Gasteiger partial charge in [-0.2, -0.15) is 0 Å². The van der Waals surface area contributed by atoms with E-state index in [1.165, 1.54) is 27.1 Å². The smallest absolute Gasteiger partial charge is 0.379 e. The van der Waals surface area contributed by atoms with Gasteiger partial charge in [0.05, 0.1) is 27.4 Å². The SMILES string of the molecule is C.C.CCC.CCC.COC(=O)C(=O)c1ccc(OCCC[Si](C)(C)O[Si](C)(C)O[Si](C)(C)CCCOc2ccc(C(=O)C(=O)OC)cc2)cc1. The Morgan fingerprint density at radius 1 is 0.529 bits per heavy atom. The molecule has 0 heterocycles. The van der Waals surface area contributed by atoms with Gasteiger partial charge in [0.25, 0.3) is 11.6 Å². The molecule has 0 aliphatic rings. The number of Topliss-reactive ketones (excluding diaryl/α,β-unsaturated/α-hetero) is 2. The van der Waals surface area contributed by atoms with Gasteiger partial charge in [0.2, 0.25) is 0 Å². The lowest BCUT2D eigenvalue weighted by atomic mass is 10.1. The van der Waals surface area contributed by atoms with Gasteiger partial charge in [0, 0.05) is 11.1 Å². The Morgan fingerprint density at radius 2 is 0.804 bits per heavy atom. The third-order valence-electron chi connectivity index (χ3n) is 6.40. The summed E-state index contributed by atoms with van der Waals surface area (Å²) >= 11 is 0. The Balaban J connectivity index is -0.00000268. The molecule has 0 N–H and O–H groups in total. The van der Waals surface area contributed by atoms with Crippen LogP contribution in [0.25, 0.3) is 0 Å². The van der Waals surface area contributed by atoms with Gasteiger partial charge in [0.1, 0.15) is 11.5 Å². The number of esters is 2. The van der Waals surface area contributed by atoms with E-state index < -0.39 is 48.7 Å². The summed E-state index contributed by atoms with van der Waals surface area (Å²) in [6, 6.07) is 14.7. The number of ketones is 2. The van der Waals surface area contributed by atoms with Crippen LogP contribution in [-0.4, -0.2) is 76.1 Å². The Hall–Kier alpha value is -3.11. The number of hydrogen-bond donors (Lipinski definition) is 0. The van der Waals surface area contributed by atoms with Crippen LogP contribution in [0.4, 0.5) is 0 Å². The first-order chi connectivity index (χ1) is 22.9. The molecule has 0 amide bonds. The normalized spacial score (nSPS) is 10.7. The highest BCUT2D eigenvalue weighted by Gasteiger charge is 2.39. The second-order valence-electron chi connectivity index (χ2n) is 13.1. The topological polar surface area (TPSA) is 124 Å². The predicted octanol–water partition coefficient (Wildman–Crippen LogP) is 9.89. The average molecular weight is 769 g/mol. The van der Waals surface area contributed by atoms with Crippen LogP contribution in [0.2, 0.25) is 51.4 Å². The molecule has 13 heteroatoms. The minimum Gasteiger partial charge on any atom is -0.494 e. The van der Waals surface area contributed by atoms with E-state index in [-0.39, 0.29) is 26.0 Å². The summed E-state index contributed by atoms with van der Waals surface area (Å²) in [6.07, 6.45) is 4.14. The summed E-state index contributed by atoms with van der Waals surface area (Å²) in [5, 5.41) is 0. The fraction of sp³-hybridized carbons (Fsp3) is 0.579. The summed E-state index contributed by atoms with van der Waals surface area (Å²) in [7, 11) is -4.06. The lowest BCUT2D eigenvalue weighted by Gasteiger charge is -2.38. The third kappa shape index (κ3) is 22.4. The molecule has 0 atom stereocenters. The van der Waals surface area contributed by atoms with Gasteiger partial charge in [0.15, 0.2) is 16.6 Å². The van der Waals surface area contributed by atoms with Gasteiger partial charge >= 0.3 is 20.5 Å². The van der Waals surface area contributed by atoms with Crippen LogP contribution in [0.5, 0.6) is 11.5 Å². The first kappa shape index (κ1) is 52.3. The minimum atomic E-state index is -2.38. The largest absolute Gasteiger partial charge is 0.494 e. The van der Waals surface area contributed by atoms with Crippen molar-refractivity contribution < 1.29 is 46.4 Å². The van der Waals surface area contributed by atoms with Crippen molar-refractivity contribution >= 4 is 48.7 Å². The van der Waals surface area contributed by atoms with Crippen molar-refractivity contribution in [3.8, 4) is 11.5 Å². The van der Waals surface area contributed by atoms with Crippen molar-refractivity contribution in [2.24, 2.45) is 0 Å². The zero-order chi connectivity index (χ0) is 37.7. The molecular formula is C38H68O10Si3. The number of hydrogen-bond acceptors (Lipinski definition) is 10. The number of benzene rings is 2. The molecule has 0 unspecified atom stereocenters. The molecule has 0 spiro atoms. The third-order valence-corrected chi connectivity index (χ3v) is 17.9. The van der Waals surface area contributed by atoms with Gasteiger partial charge in [-0.05, 0) is 113 Å². The van der Waals surface area contributed by atoms with Crippen LogP contribution < -0.4 is 9.47 Å². The van der Waals surface area contributed by atoms with Crippen LogP contribution in [0.3, 0.4) is 0 Å². The highest BCUT2D eigenvalue weighted by Crippen LogP contribution is 2.26. The molecule has 0 aromatic heterocycles. The van der Waals surface area contributed by atoms with Crippen molar-refractivity contribution in [2.75, 3.05) is 27.4 Å². The highest BCUT2D eigenvalue weighted by atomic mass is 28.5. The van der Waals surface area contributed by atoms with Gasteiger partial charge in [-0.25, -0.2) is 9.59 Å². The standard InChI is InChI=1S/C30H44O10Si3.2C3H8.2CH4/c1-35-29(33)27(31)23-11-15-25(16-12-23)37-19-9-21-41(3,4)39-43(7,8)40-42(5,6)22-10-20-38-26-17-13-24(14-18-26)28(32)30(34)36-2;2*1-3-2;;/h11-18H,9-10,19-22H2,1-8H3;2*3H2,1-2H3;2*1H4. The van der Waals surface area contributed by atoms with Gasteiger partial charge < -0.3 is 27.2 Å². The van der Waals surface area contributed by atoms with Crippen molar-refractivity contribution in [3.63, 3.8) is 0 Å². The average Bonchev–Trinajstić information content (AvgIpc) is 3.04. The first-order valence-corrected chi connectivity index (χ1v) is 26.1. The summed E-state index contributed by atoms with van der Waals surface area (Å²) < 4.78 is 34.0. The summed E-state index contributed by atoms with van der Waals surface area (Å²) in [4.78, 5) is 46.5. The molecule has 0 bridgehead atoms. The molecule has 292 valence electrons. The minimum absolute atomic E-state index is 0. The number of carbonyl (C=O) groups excluding carboxylic acids is 4. The fourth-order valence-electron chi connectivity index (χ4n) is 4.66. The lowest BCUT2D eigenvalue weighted by Crippen LogP contribution is -2.52. The molecule has 10 nitrogen and oxygen atoms in total. The van der Waals surface area contributed by atoms with E-state index in [1.807, 2.05) is 0 Å². The van der Waals surface area contributed by atoms with Gasteiger partial charge in [-0.1, -0.05) is 55.4 Å². The van der Waals surface area contributed by atoms with Crippen LogP contribution in [-0.2, 0) is 27.3 Å². The number of carbonyl (C=O) groups is 4. The molecule has 0 radical (unpaired) electrons. The van der Waals surface area contributed by atoms with Crippen molar-refractivity contribution in [1.29, 1.82) is 0 Å². The number of rotatable bonds is 18. The van der Waals surface area contributed by atoms with Crippen LogP contribution in [0.15, 0.2) is 48.5 Å². The van der Waals surface area contributed by atoms with E-state index in [0.29, 0.717) is 24.7 Å². The van der Waals surface area contributed by atoms with Crippen LogP contribution >= 0.6 is 0 Å². The van der Waals surface area contributed by atoms with Gasteiger partial charge in [-0.3, -0.25) is 9.59 Å². The molecule has 51 heavy (non-hydrogen) atoms. The maximum Gasteiger partial charge on any atom is 0.379 e. The summed E-state index contributed by atoms with van der Waals surface area (Å²) in [5.41, 5.74) is 0.517. The monoisotopic (exact) mass is 768 g/mol. The molecule has 0 saturated carbocycles. The van der Waals surface area contributed by atoms with E-state index in [0.717, 1.165) is 24.9 Å². The van der Waals surface area contributed by atoms with Crippen molar-refractivity contribution in [3.05, 3.63) is 59.7 Å². The Kier molecular flexibility index (Phi) is 27.3. The van der Waals surface area contributed by atoms with E-state index in [1.54, 1.807) is 48.5 Å². The molecule has 0 aliphatic carbocycles. The van der Waals surface area contributed by atoms with Crippen molar-refractivity contribution in [1.82, 2.24) is 0 Å². The van der Waals surface area contributed by atoms with E-state index in [4.69, 9.17) is 17.7 Å². The highest BCUT2D eigenvalue weighted by molar-refractivity contribution is 6.87. The molecule has 0 aliphatic heterocycles. The maximum absolute atomic E-state index is 11.9. The van der Waals surface area contributed by atoms with E-state index in [9.17, 15) is 19.2 Å². The quantitative estimate of drug-likeness (QED) is 0.0476. The molecule has 0 fully saturated rings. The fourth-order valence-corrected chi connectivity index (χ4v) is 18.7. The summed E-state index contributed by atoms with van der Waals surface area (Å²) in [5.74, 6) is -1.91. The second-order valence-corrected chi connectivity index (χ2v) is 25.6. The maximum atomic E-state index is 11.9. The number of methoxy groups -OCH3 is 2. The molecule has 2 aromatic rings. The van der Waals surface area contributed by atoms with E-state index >= 15 is 0 Å². The first-order valence-electron chi connectivity index (χ1n) is 17.0. The Morgan fingerprint density at radius 3 is 1.06 bits per heavy atom. The molecular weight excluding hydrogens is 701 g/mol.